The first-order valence-corrected chi connectivity index (χ1v) is 13.8. The Morgan fingerprint density at radius 3 is 2.39 bits per heavy atom. The van der Waals surface area contributed by atoms with Crippen molar-refractivity contribution in [1.29, 1.82) is 0 Å². The summed E-state index contributed by atoms with van der Waals surface area (Å²) in [5, 5.41) is 59.3. The average Bonchev–Trinajstić information content (AvgIpc) is 3.39. The molecule has 2 fully saturated rings. The molecule has 0 aliphatic carbocycles. The lowest BCUT2D eigenvalue weighted by Gasteiger charge is -2.41. The summed E-state index contributed by atoms with van der Waals surface area (Å²) >= 11 is 0. The molecule has 0 aromatic carbocycles. The number of ether oxygens (including phenoxy) is 2. The van der Waals surface area contributed by atoms with E-state index >= 15 is 0 Å². The highest BCUT2D eigenvalue weighted by molar-refractivity contribution is 7.83. The SMILES string of the molecule is [B][P@@](=O)(OC[C@H]1O[C@@H](n2cnc3c(N)ncnc32)C(O)[C@H]1O)OP(=O)([O-])O[C@@H]1OC(CO)[C@H](O)[C@H](O)C1O. The smallest absolute Gasteiger partial charge is 0.276 e. The fourth-order valence-corrected chi connectivity index (χ4v) is 6.04. The van der Waals surface area contributed by atoms with Crippen LogP contribution < -0.4 is 10.6 Å². The molecule has 22 heteroatoms. The fourth-order valence-electron chi connectivity index (χ4n) is 3.79. The van der Waals surface area contributed by atoms with Crippen LogP contribution in [0.25, 0.3) is 11.2 Å². The van der Waals surface area contributed by atoms with Gasteiger partial charge in [-0.3, -0.25) is 18.2 Å². The number of nitrogens with zero attached hydrogens (tertiary/aromatic N) is 4. The summed E-state index contributed by atoms with van der Waals surface area (Å²) in [6.07, 6.45) is -13.1. The maximum absolute atomic E-state index is 12.5. The van der Waals surface area contributed by atoms with Crippen molar-refractivity contribution in [3.63, 3.8) is 0 Å². The molecule has 11 atom stereocenters. The zero-order chi connectivity index (χ0) is 28.0. The van der Waals surface area contributed by atoms with Gasteiger partial charge >= 0.3 is 0 Å². The minimum absolute atomic E-state index is 0.0517. The largest absolute Gasteiger partial charge is 0.756 e. The first-order chi connectivity index (χ1) is 17.7. The quantitative estimate of drug-likeness (QED) is 0.108. The van der Waals surface area contributed by atoms with E-state index in [1.807, 2.05) is 0 Å². The lowest BCUT2D eigenvalue weighted by atomic mass is 10.00. The molecule has 2 saturated heterocycles. The van der Waals surface area contributed by atoms with E-state index in [4.69, 9.17) is 32.4 Å². The molecular weight excluding hydrogens is 559 g/mol. The Balaban J connectivity index is 1.38. The van der Waals surface area contributed by atoms with Gasteiger partial charge in [0.2, 0.25) is 7.57 Å². The number of rotatable bonds is 9. The lowest BCUT2D eigenvalue weighted by molar-refractivity contribution is -0.301. The number of nitrogens with two attached hydrogens (primary N) is 1. The third-order valence-corrected chi connectivity index (χ3v) is 8.40. The molecule has 2 aliphatic rings. The summed E-state index contributed by atoms with van der Waals surface area (Å²) in [5.74, 6) is 0.0517. The fraction of sp³-hybridized carbons (Fsp3) is 0.688. The Bertz CT molecular complexity index is 1240. The minimum atomic E-state index is -5.69. The van der Waals surface area contributed by atoms with Crippen LogP contribution in [-0.2, 0) is 32.0 Å². The minimum Gasteiger partial charge on any atom is -0.756 e. The summed E-state index contributed by atoms with van der Waals surface area (Å²) in [5.41, 5.74) is 6.09. The molecule has 4 unspecified atom stereocenters. The molecular formula is C16H23BN5O14P2-. The highest BCUT2D eigenvalue weighted by atomic mass is 31.3. The van der Waals surface area contributed by atoms with Gasteiger partial charge in [-0.15, -0.1) is 0 Å². The van der Waals surface area contributed by atoms with Crippen LogP contribution in [0.2, 0.25) is 0 Å². The predicted octanol–water partition coefficient (Wildman–Crippen LogP) is -4.38. The van der Waals surface area contributed by atoms with E-state index in [-0.39, 0.29) is 17.0 Å². The number of hydrogen-bond donors (Lipinski definition) is 7. The van der Waals surface area contributed by atoms with E-state index in [9.17, 15) is 39.6 Å². The van der Waals surface area contributed by atoms with Gasteiger partial charge in [0, 0.05) is 0 Å². The van der Waals surface area contributed by atoms with Crippen molar-refractivity contribution in [3.8, 4) is 0 Å². The molecule has 4 rings (SSSR count). The molecule has 19 nitrogen and oxygen atoms in total. The number of anilines is 1. The van der Waals surface area contributed by atoms with E-state index in [1.54, 1.807) is 0 Å². The van der Waals surface area contributed by atoms with Crippen LogP contribution in [0.4, 0.5) is 5.82 Å². The van der Waals surface area contributed by atoms with Crippen LogP contribution in [-0.4, -0.2) is 120 Å². The summed E-state index contributed by atoms with van der Waals surface area (Å²) in [6, 6.07) is 0. The number of fused-ring (bicyclic) bond motifs is 1. The zero-order valence-electron chi connectivity index (χ0n) is 19.1. The normalized spacial score (nSPS) is 37.2. The number of imidazole rings is 1. The standard InChI is InChI=1S/C16H24BN5O14P2/c17-37(29,36-38(30,31)35-16-12(28)10(26)8(24)5(1-23)34-16)32-2-6-9(25)11(27)15(33-6)22-4-21-7-13(18)19-3-20-14(7)22/h3-6,8-12,15-16,23-28H,1-2H2,(H,30,31)(H2,18,19,20)/p-1/t5?,6-,8+,9+,10+,11?,12?,15-,16+,37-/m1/s1. The molecule has 2 radical (unpaired) electrons. The van der Waals surface area contributed by atoms with Gasteiger partial charge in [0.1, 0.15) is 54.6 Å². The first kappa shape index (κ1) is 29.4. The van der Waals surface area contributed by atoms with Crippen LogP contribution in [0.15, 0.2) is 12.7 Å². The Hall–Kier alpha value is -1.61. The molecule has 0 amide bonds. The highest BCUT2D eigenvalue weighted by Gasteiger charge is 2.47. The molecule has 0 bridgehead atoms. The van der Waals surface area contributed by atoms with Gasteiger partial charge in [-0.25, -0.2) is 19.3 Å². The van der Waals surface area contributed by atoms with Crippen molar-refractivity contribution in [1.82, 2.24) is 19.5 Å². The van der Waals surface area contributed by atoms with Gasteiger partial charge < -0.3 is 55.3 Å². The number of phosphoric ester groups is 1. The molecule has 8 N–H and O–H groups in total. The maximum atomic E-state index is 12.5. The Morgan fingerprint density at radius 1 is 1.03 bits per heavy atom. The average molecular weight is 582 g/mol. The number of phosphoric acid groups is 1. The van der Waals surface area contributed by atoms with Gasteiger partial charge in [0.25, 0.3) is 15.3 Å². The summed E-state index contributed by atoms with van der Waals surface area (Å²) in [6.45, 7) is -1.72. The van der Waals surface area contributed by atoms with Gasteiger partial charge in [-0.05, 0) is 0 Å². The van der Waals surface area contributed by atoms with Crippen molar-refractivity contribution < 1.29 is 67.5 Å². The monoisotopic (exact) mass is 582 g/mol. The van der Waals surface area contributed by atoms with Crippen LogP contribution >= 0.6 is 15.3 Å². The molecule has 2 aliphatic heterocycles. The van der Waals surface area contributed by atoms with Crippen LogP contribution in [0.1, 0.15) is 6.23 Å². The van der Waals surface area contributed by atoms with Crippen molar-refractivity contribution >= 4 is 39.8 Å². The van der Waals surface area contributed by atoms with Crippen LogP contribution in [0.3, 0.4) is 0 Å². The molecule has 2 aromatic heterocycles. The second-order valence-corrected chi connectivity index (χ2v) is 11.4. The van der Waals surface area contributed by atoms with E-state index in [2.05, 4.69) is 23.8 Å². The molecule has 4 heterocycles. The summed E-state index contributed by atoms with van der Waals surface area (Å²) in [7, 11) is -5.39. The number of aliphatic hydroxyl groups excluding tert-OH is 6. The molecule has 0 saturated carbocycles. The number of aliphatic hydroxyl groups is 6. The summed E-state index contributed by atoms with van der Waals surface area (Å²) < 4.78 is 49.8. The molecule has 210 valence electrons. The lowest BCUT2D eigenvalue weighted by Crippen LogP contribution is -2.59. The van der Waals surface area contributed by atoms with Gasteiger partial charge in [-0.1, -0.05) is 0 Å². The molecule has 0 spiro atoms. The molecule has 38 heavy (non-hydrogen) atoms. The second-order valence-electron chi connectivity index (χ2n) is 8.30. The van der Waals surface area contributed by atoms with E-state index in [0.717, 1.165) is 6.33 Å². The van der Waals surface area contributed by atoms with Gasteiger partial charge in [0.05, 0.1) is 19.5 Å². The van der Waals surface area contributed by atoms with Crippen molar-refractivity contribution in [2.45, 2.75) is 55.2 Å². The van der Waals surface area contributed by atoms with E-state index in [0.29, 0.717) is 0 Å². The van der Waals surface area contributed by atoms with E-state index in [1.165, 1.54) is 10.9 Å². The Kier molecular flexibility index (Phi) is 8.59. The topological polar surface area (TPSA) is 294 Å². The Morgan fingerprint density at radius 2 is 1.71 bits per heavy atom. The number of hydrogen-bond acceptors (Lipinski definition) is 18. The predicted molar refractivity (Wildman–Crippen MR) is 119 cm³/mol. The van der Waals surface area contributed by atoms with Crippen LogP contribution in [0, 0.1) is 0 Å². The maximum Gasteiger partial charge on any atom is 0.276 e. The van der Waals surface area contributed by atoms with Crippen molar-refractivity contribution in [2.24, 2.45) is 0 Å². The first-order valence-electron chi connectivity index (χ1n) is 10.7. The Labute approximate surface area is 214 Å². The van der Waals surface area contributed by atoms with Crippen molar-refractivity contribution in [2.75, 3.05) is 18.9 Å². The highest BCUT2D eigenvalue weighted by Crippen LogP contribution is 2.59. The second kappa shape index (κ2) is 11.1. The summed E-state index contributed by atoms with van der Waals surface area (Å²) in [4.78, 5) is 24.0. The van der Waals surface area contributed by atoms with Crippen molar-refractivity contribution in [3.05, 3.63) is 12.7 Å². The number of aromatic nitrogens is 4. The van der Waals surface area contributed by atoms with Gasteiger partial charge in [-0.2, -0.15) is 0 Å². The third kappa shape index (κ3) is 5.93. The van der Waals surface area contributed by atoms with E-state index < -0.39 is 83.8 Å². The van der Waals surface area contributed by atoms with Gasteiger partial charge in [0.15, 0.2) is 24.0 Å². The zero-order valence-corrected chi connectivity index (χ0v) is 20.8. The van der Waals surface area contributed by atoms with Crippen LogP contribution in [0.5, 0.6) is 0 Å². The molecule has 2 aromatic rings. The third-order valence-electron chi connectivity index (χ3n) is 5.71. The number of nitrogen functional groups attached to an aromatic ring is 1.